The lowest BCUT2D eigenvalue weighted by Crippen LogP contribution is -2.55. The number of hydrogen-bond acceptors (Lipinski definition) is 4. The summed E-state index contributed by atoms with van der Waals surface area (Å²) in [7, 11) is 0. The average Bonchev–Trinajstić information content (AvgIpc) is 2.94. The van der Waals surface area contributed by atoms with E-state index in [4.69, 9.17) is 0 Å². The highest BCUT2D eigenvalue weighted by Gasteiger charge is 2.29. The summed E-state index contributed by atoms with van der Waals surface area (Å²) in [5.41, 5.74) is 0.315. The van der Waals surface area contributed by atoms with Crippen LogP contribution in [0.3, 0.4) is 0 Å². The normalized spacial score (nSPS) is 21.4. The van der Waals surface area contributed by atoms with Crippen molar-refractivity contribution in [3.8, 4) is 0 Å². The minimum Gasteiger partial charge on any atom is -0.396 e. The van der Waals surface area contributed by atoms with E-state index in [1.54, 1.807) is 0 Å². The van der Waals surface area contributed by atoms with Gasteiger partial charge >= 0.3 is 0 Å². The van der Waals surface area contributed by atoms with Crippen molar-refractivity contribution < 1.29 is 5.11 Å². The number of aliphatic hydroxyl groups excluding tert-OH is 1. The molecule has 0 spiro atoms. The number of nitrogens with zero attached hydrogens (tertiary/aromatic N) is 4. The van der Waals surface area contributed by atoms with Gasteiger partial charge in [0.2, 0.25) is 0 Å². The van der Waals surface area contributed by atoms with Gasteiger partial charge in [-0.3, -0.25) is 9.58 Å². The molecule has 0 aromatic carbocycles. The number of aliphatic hydroxyl groups is 1. The third-order valence-corrected chi connectivity index (χ3v) is 4.25. The summed E-state index contributed by atoms with van der Waals surface area (Å²) in [5, 5.41) is 13.6. The van der Waals surface area contributed by atoms with Crippen LogP contribution in [-0.2, 0) is 6.54 Å². The summed E-state index contributed by atoms with van der Waals surface area (Å²) >= 11 is 0. The van der Waals surface area contributed by atoms with Gasteiger partial charge in [-0.25, -0.2) is 0 Å². The summed E-state index contributed by atoms with van der Waals surface area (Å²) in [6, 6.07) is 2.46. The van der Waals surface area contributed by atoms with E-state index in [-0.39, 0.29) is 6.61 Å². The predicted molar refractivity (Wildman–Crippen MR) is 89.8 cm³/mol. The number of piperazine rings is 1. The molecule has 0 bridgehead atoms. The van der Waals surface area contributed by atoms with Gasteiger partial charge in [0.15, 0.2) is 0 Å². The van der Waals surface area contributed by atoms with Crippen molar-refractivity contribution in [3.63, 3.8) is 0 Å². The Labute approximate surface area is 134 Å². The first kappa shape index (κ1) is 17.4. The van der Waals surface area contributed by atoms with Gasteiger partial charge in [-0.15, -0.1) is 0 Å². The molecule has 1 aromatic rings. The van der Waals surface area contributed by atoms with Crippen molar-refractivity contribution in [2.24, 2.45) is 5.41 Å². The van der Waals surface area contributed by atoms with E-state index in [1.165, 1.54) is 0 Å². The maximum absolute atomic E-state index is 9.37. The van der Waals surface area contributed by atoms with E-state index in [1.807, 2.05) is 23.1 Å². The van der Waals surface area contributed by atoms with E-state index in [0.717, 1.165) is 52.1 Å². The van der Waals surface area contributed by atoms with Crippen molar-refractivity contribution in [2.45, 2.75) is 46.2 Å². The van der Waals surface area contributed by atoms with E-state index < -0.39 is 0 Å². The molecule has 1 atom stereocenters. The third kappa shape index (κ3) is 5.71. The minimum absolute atomic E-state index is 0.284. The van der Waals surface area contributed by atoms with Gasteiger partial charge in [0, 0.05) is 64.3 Å². The number of aryl methyl sites for hydroxylation is 1. The predicted octanol–water partition coefficient (Wildman–Crippen LogP) is 1.69. The fraction of sp³-hybridized carbons (Fsp3) is 0.824. The Morgan fingerprint density at radius 1 is 1.23 bits per heavy atom. The van der Waals surface area contributed by atoms with Crippen molar-refractivity contribution >= 4 is 0 Å². The second kappa shape index (κ2) is 8.09. The van der Waals surface area contributed by atoms with Gasteiger partial charge in [-0.2, -0.15) is 5.10 Å². The summed E-state index contributed by atoms with van der Waals surface area (Å²) in [6.07, 6.45) is 5.87. The molecule has 0 radical (unpaired) electrons. The van der Waals surface area contributed by atoms with E-state index in [0.29, 0.717) is 11.5 Å². The first-order valence-electron chi connectivity index (χ1n) is 8.52. The summed E-state index contributed by atoms with van der Waals surface area (Å²) in [6.45, 7) is 13.7. The quantitative estimate of drug-likeness (QED) is 0.832. The summed E-state index contributed by atoms with van der Waals surface area (Å²) in [4.78, 5) is 5.11. The zero-order valence-electron chi connectivity index (χ0n) is 14.4. The Balaban J connectivity index is 1.78. The zero-order valence-corrected chi connectivity index (χ0v) is 14.4. The van der Waals surface area contributed by atoms with Crippen molar-refractivity contribution in [1.29, 1.82) is 0 Å². The van der Waals surface area contributed by atoms with Crippen LogP contribution in [0.15, 0.2) is 18.5 Å². The van der Waals surface area contributed by atoms with Gasteiger partial charge in [0.1, 0.15) is 0 Å². The van der Waals surface area contributed by atoms with Crippen LogP contribution in [0.25, 0.3) is 0 Å². The Morgan fingerprint density at radius 3 is 2.68 bits per heavy atom. The molecule has 0 amide bonds. The van der Waals surface area contributed by atoms with Gasteiger partial charge in [0.25, 0.3) is 0 Å². The maximum atomic E-state index is 9.37. The SMILES string of the molecule is CC(C)(C)CN1CCN(CCCn2cccn2)C[C@@H]1CCO. The number of hydrogen-bond donors (Lipinski definition) is 1. The lowest BCUT2D eigenvalue weighted by molar-refractivity contribution is 0.0363. The minimum atomic E-state index is 0.284. The van der Waals surface area contributed by atoms with Gasteiger partial charge in [0.05, 0.1) is 0 Å². The monoisotopic (exact) mass is 308 g/mol. The standard InChI is InChI=1S/C17H32N4O/c1-17(2,3)15-20-12-11-19(14-16(20)6-13-22)8-5-10-21-9-4-7-18-21/h4,7,9,16,22H,5-6,8,10-15H2,1-3H3/t16-/m0/s1. The van der Waals surface area contributed by atoms with Gasteiger partial charge < -0.3 is 10.0 Å². The molecule has 1 saturated heterocycles. The highest BCUT2D eigenvalue weighted by Crippen LogP contribution is 2.21. The maximum Gasteiger partial charge on any atom is 0.0489 e. The highest BCUT2D eigenvalue weighted by atomic mass is 16.3. The lowest BCUT2D eigenvalue weighted by Gasteiger charge is -2.44. The molecule has 1 aromatic heterocycles. The molecule has 1 aliphatic rings. The second-order valence-electron chi connectivity index (χ2n) is 7.62. The Hall–Kier alpha value is -0.910. The summed E-state index contributed by atoms with van der Waals surface area (Å²) in [5.74, 6) is 0. The first-order valence-corrected chi connectivity index (χ1v) is 8.52. The van der Waals surface area contributed by atoms with Crippen LogP contribution in [0, 0.1) is 5.41 Å². The number of aromatic nitrogens is 2. The molecular weight excluding hydrogens is 276 g/mol. The van der Waals surface area contributed by atoms with Crippen LogP contribution in [0.4, 0.5) is 0 Å². The van der Waals surface area contributed by atoms with Crippen LogP contribution in [-0.4, -0.2) is 70.1 Å². The summed E-state index contributed by atoms with van der Waals surface area (Å²) < 4.78 is 2.00. The molecule has 5 nitrogen and oxygen atoms in total. The van der Waals surface area contributed by atoms with E-state index >= 15 is 0 Å². The smallest absolute Gasteiger partial charge is 0.0489 e. The molecular formula is C17H32N4O. The lowest BCUT2D eigenvalue weighted by atomic mass is 9.94. The second-order valence-corrected chi connectivity index (χ2v) is 7.62. The molecule has 5 heteroatoms. The molecule has 1 aliphatic heterocycles. The van der Waals surface area contributed by atoms with Crippen molar-refractivity contribution in [1.82, 2.24) is 19.6 Å². The highest BCUT2D eigenvalue weighted by molar-refractivity contribution is 4.85. The molecule has 0 aliphatic carbocycles. The van der Waals surface area contributed by atoms with Crippen LogP contribution in [0.2, 0.25) is 0 Å². The molecule has 0 unspecified atom stereocenters. The molecule has 1 fully saturated rings. The van der Waals surface area contributed by atoms with E-state index in [2.05, 4.69) is 35.7 Å². The Morgan fingerprint density at radius 2 is 2.05 bits per heavy atom. The molecule has 126 valence electrons. The van der Waals surface area contributed by atoms with Crippen LogP contribution in [0.1, 0.15) is 33.6 Å². The fourth-order valence-corrected chi connectivity index (χ4v) is 3.29. The molecule has 2 rings (SSSR count). The molecule has 1 N–H and O–H groups in total. The Bertz CT molecular complexity index is 413. The molecule has 0 saturated carbocycles. The molecule has 22 heavy (non-hydrogen) atoms. The van der Waals surface area contributed by atoms with Gasteiger partial charge in [-0.05, 0) is 24.3 Å². The van der Waals surface area contributed by atoms with Crippen LogP contribution in [0.5, 0.6) is 0 Å². The van der Waals surface area contributed by atoms with Crippen molar-refractivity contribution in [2.75, 3.05) is 39.3 Å². The van der Waals surface area contributed by atoms with E-state index in [9.17, 15) is 5.11 Å². The van der Waals surface area contributed by atoms with Crippen molar-refractivity contribution in [3.05, 3.63) is 18.5 Å². The van der Waals surface area contributed by atoms with Gasteiger partial charge in [-0.1, -0.05) is 20.8 Å². The molecule has 2 heterocycles. The average molecular weight is 308 g/mol. The fourth-order valence-electron chi connectivity index (χ4n) is 3.29. The number of rotatable bonds is 7. The largest absolute Gasteiger partial charge is 0.396 e. The third-order valence-electron chi connectivity index (χ3n) is 4.25. The zero-order chi connectivity index (χ0) is 16.0. The van der Waals surface area contributed by atoms with Crippen LogP contribution < -0.4 is 0 Å². The Kier molecular flexibility index (Phi) is 6.41. The topological polar surface area (TPSA) is 44.5 Å². The first-order chi connectivity index (χ1) is 10.5. The van der Waals surface area contributed by atoms with Crippen LogP contribution >= 0.6 is 0 Å².